The predicted molar refractivity (Wildman–Crippen MR) is 34.1 cm³/mol. The van der Waals surface area contributed by atoms with Crippen molar-refractivity contribution >= 4 is 28.9 Å². The fourth-order valence-corrected chi connectivity index (χ4v) is 0.211. The molecule has 0 amide bonds. The van der Waals surface area contributed by atoms with Crippen molar-refractivity contribution in [1.29, 1.82) is 0 Å². The molecule has 0 N–H and O–H groups in total. The number of hydrogen-bond donors (Lipinski definition) is 0. The summed E-state index contributed by atoms with van der Waals surface area (Å²) in [6.07, 6.45) is 0.770. The molecule has 0 rings (SSSR count). The molecule has 0 aromatic rings. The maximum Gasteiger partial charge on any atom is 0.146 e. The zero-order chi connectivity index (χ0) is 4.99. The fraction of sp³-hybridized carbons (Fsp3) is 0.250. The minimum absolute atomic E-state index is 0.649. The van der Waals surface area contributed by atoms with Gasteiger partial charge in [0, 0.05) is 4.43 Å². The zero-order valence-corrected chi connectivity index (χ0v) is 5.44. The van der Waals surface area contributed by atoms with Gasteiger partial charge in [-0.15, -0.1) is 0 Å². The monoisotopic (exact) mass is 196 g/mol. The van der Waals surface area contributed by atoms with Crippen molar-refractivity contribution in [2.45, 2.75) is 0 Å². The normalized spacial score (nSPS) is 7.50. The fourth-order valence-electron chi connectivity index (χ4n) is 0.0315. The van der Waals surface area contributed by atoms with E-state index in [1.165, 1.54) is 0 Å². The minimum atomic E-state index is 0.649. The van der Waals surface area contributed by atoms with Crippen LogP contribution in [0.3, 0.4) is 0 Å². The Kier molecular flexibility index (Phi) is 3.41. The number of hydrogen-bond acceptors (Lipinski definition) is 1. The van der Waals surface area contributed by atoms with Crippen molar-refractivity contribution in [2.75, 3.05) is 4.43 Å². The Labute approximate surface area is 50.6 Å². The van der Waals surface area contributed by atoms with E-state index in [1.54, 1.807) is 0 Å². The Morgan fingerprint density at radius 2 is 2.50 bits per heavy atom. The molecule has 0 aromatic carbocycles. The minimum Gasteiger partial charge on any atom is -0.298 e. The van der Waals surface area contributed by atoms with Crippen molar-refractivity contribution in [3.8, 4) is 0 Å². The molecule has 0 aliphatic rings. The van der Waals surface area contributed by atoms with Crippen molar-refractivity contribution in [3.63, 3.8) is 0 Å². The molecular weight excluding hydrogens is 191 g/mol. The van der Waals surface area contributed by atoms with Gasteiger partial charge < -0.3 is 0 Å². The highest BCUT2D eigenvalue weighted by molar-refractivity contribution is 14.1. The summed E-state index contributed by atoms with van der Waals surface area (Å²) in [6, 6.07) is 0. The number of aldehydes is 1. The van der Waals surface area contributed by atoms with Crippen LogP contribution in [0.4, 0.5) is 0 Å². The second-order valence-corrected chi connectivity index (χ2v) is 1.67. The molecule has 0 atom stereocenters. The lowest BCUT2D eigenvalue weighted by molar-refractivity contribution is -0.104. The summed E-state index contributed by atoms with van der Waals surface area (Å²) in [5, 5.41) is 0. The zero-order valence-electron chi connectivity index (χ0n) is 3.28. The van der Waals surface area contributed by atoms with E-state index >= 15 is 0 Å². The SMILES string of the molecule is C=C(C=O)CI. The van der Waals surface area contributed by atoms with Crippen LogP contribution in [0.1, 0.15) is 0 Å². The van der Waals surface area contributed by atoms with Crippen LogP contribution in [0.2, 0.25) is 0 Å². The molecule has 0 aromatic heterocycles. The first kappa shape index (κ1) is 6.14. The van der Waals surface area contributed by atoms with E-state index in [-0.39, 0.29) is 0 Å². The standard InChI is InChI=1S/C4H5IO/c1-4(2-5)3-6/h3H,1-2H2. The molecule has 0 fully saturated rings. The third-order valence-corrected chi connectivity index (χ3v) is 1.32. The van der Waals surface area contributed by atoms with Gasteiger partial charge in [0.25, 0.3) is 0 Å². The van der Waals surface area contributed by atoms with E-state index in [0.717, 1.165) is 10.7 Å². The van der Waals surface area contributed by atoms with E-state index < -0.39 is 0 Å². The lowest BCUT2D eigenvalue weighted by Crippen LogP contribution is -1.78. The second-order valence-electron chi connectivity index (χ2n) is 0.910. The lowest BCUT2D eigenvalue weighted by Gasteiger charge is -1.77. The lowest BCUT2D eigenvalue weighted by atomic mass is 10.4. The van der Waals surface area contributed by atoms with Gasteiger partial charge in [0.15, 0.2) is 0 Å². The van der Waals surface area contributed by atoms with Crippen molar-refractivity contribution in [2.24, 2.45) is 0 Å². The molecule has 6 heavy (non-hydrogen) atoms. The molecule has 0 aliphatic heterocycles. The topological polar surface area (TPSA) is 17.1 Å². The number of rotatable bonds is 2. The highest BCUT2D eigenvalue weighted by atomic mass is 127. The van der Waals surface area contributed by atoms with Crippen LogP contribution in [0.5, 0.6) is 0 Å². The Balaban J connectivity index is 3.23. The van der Waals surface area contributed by atoms with Gasteiger partial charge in [0.1, 0.15) is 6.29 Å². The van der Waals surface area contributed by atoms with Gasteiger partial charge in [-0.2, -0.15) is 0 Å². The van der Waals surface area contributed by atoms with E-state index in [0.29, 0.717) is 5.57 Å². The molecule has 0 saturated heterocycles. The molecule has 0 heterocycles. The first-order valence-electron chi connectivity index (χ1n) is 1.50. The predicted octanol–water partition coefficient (Wildman–Crippen LogP) is 1.18. The summed E-state index contributed by atoms with van der Waals surface area (Å²) >= 11 is 2.08. The van der Waals surface area contributed by atoms with Gasteiger partial charge in [0.05, 0.1) is 0 Å². The van der Waals surface area contributed by atoms with Crippen LogP contribution in [0.25, 0.3) is 0 Å². The number of alkyl halides is 1. The van der Waals surface area contributed by atoms with Crippen LogP contribution in [-0.4, -0.2) is 10.7 Å². The summed E-state index contributed by atoms with van der Waals surface area (Å²) in [7, 11) is 0. The molecule has 2 heteroatoms. The molecule has 0 radical (unpaired) electrons. The van der Waals surface area contributed by atoms with E-state index in [2.05, 4.69) is 29.2 Å². The van der Waals surface area contributed by atoms with Gasteiger partial charge in [-0.3, -0.25) is 4.79 Å². The number of carbonyl (C=O) groups excluding carboxylic acids is 1. The summed E-state index contributed by atoms with van der Waals surface area (Å²) in [4.78, 5) is 9.63. The number of allylic oxidation sites excluding steroid dienone is 1. The van der Waals surface area contributed by atoms with Crippen LogP contribution in [0, 0.1) is 0 Å². The van der Waals surface area contributed by atoms with Crippen LogP contribution < -0.4 is 0 Å². The Morgan fingerprint density at radius 3 is 2.50 bits per heavy atom. The largest absolute Gasteiger partial charge is 0.298 e. The first-order chi connectivity index (χ1) is 2.81. The highest BCUT2D eigenvalue weighted by Gasteiger charge is 1.79. The Hall–Kier alpha value is 0.140. The molecule has 0 aliphatic carbocycles. The molecule has 0 saturated carbocycles. The van der Waals surface area contributed by atoms with Crippen LogP contribution in [-0.2, 0) is 4.79 Å². The maximum absolute atomic E-state index is 9.63. The van der Waals surface area contributed by atoms with E-state index in [4.69, 9.17) is 0 Å². The van der Waals surface area contributed by atoms with Crippen molar-refractivity contribution < 1.29 is 4.79 Å². The summed E-state index contributed by atoms with van der Waals surface area (Å²) < 4.78 is 0.737. The molecular formula is C4H5IO. The molecule has 0 bridgehead atoms. The molecule has 0 unspecified atom stereocenters. The van der Waals surface area contributed by atoms with Crippen LogP contribution in [0.15, 0.2) is 12.2 Å². The highest BCUT2D eigenvalue weighted by Crippen LogP contribution is 1.89. The smallest absolute Gasteiger partial charge is 0.146 e. The van der Waals surface area contributed by atoms with E-state index in [9.17, 15) is 4.79 Å². The average Bonchev–Trinajstić information content (AvgIpc) is 1.65. The van der Waals surface area contributed by atoms with Gasteiger partial charge in [0.2, 0.25) is 0 Å². The maximum atomic E-state index is 9.63. The van der Waals surface area contributed by atoms with Gasteiger partial charge >= 0.3 is 0 Å². The average molecular weight is 196 g/mol. The molecule has 34 valence electrons. The van der Waals surface area contributed by atoms with Crippen molar-refractivity contribution in [1.82, 2.24) is 0 Å². The Morgan fingerprint density at radius 1 is 2.00 bits per heavy atom. The number of carbonyl (C=O) groups is 1. The molecule has 1 nitrogen and oxygen atoms in total. The Bertz CT molecular complexity index is 67.9. The summed E-state index contributed by atoms with van der Waals surface area (Å²) in [5.74, 6) is 0. The number of halogens is 1. The van der Waals surface area contributed by atoms with Crippen molar-refractivity contribution in [3.05, 3.63) is 12.2 Å². The van der Waals surface area contributed by atoms with Crippen LogP contribution >= 0.6 is 22.6 Å². The first-order valence-corrected chi connectivity index (χ1v) is 3.02. The third kappa shape index (κ3) is 2.38. The van der Waals surface area contributed by atoms with E-state index in [1.807, 2.05) is 0 Å². The summed E-state index contributed by atoms with van der Waals surface area (Å²) in [6.45, 7) is 3.42. The van der Waals surface area contributed by atoms with Gasteiger partial charge in [-0.25, -0.2) is 0 Å². The van der Waals surface area contributed by atoms with Gasteiger partial charge in [-0.05, 0) is 5.57 Å². The summed E-state index contributed by atoms with van der Waals surface area (Å²) in [5.41, 5.74) is 0.649. The van der Waals surface area contributed by atoms with Gasteiger partial charge in [-0.1, -0.05) is 29.2 Å². The second kappa shape index (κ2) is 3.33. The third-order valence-electron chi connectivity index (χ3n) is 0.338. The quantitative estimate of drug-likeness (QED) is 0.280. The molecule has 0 spiro atoms.